The quantitative estimate of drug-likeness (QED) is 0.127. The SMILES string of the molecule is Cc1cc2c(cc1N1c3cc4ccccc4cc3B3c4c1cc1c(c4-c4cc(C5(C)CC6CCC(C5)C6C)cc5c6cc(C7(C)CC=C8CC8C7)ccc6n3c45)C(C)(C)c3ccccc3-1)C(C)(C)CCC2(C)C. The summed E-state index contributed by atoms with van der Waals surface area (Å²) in [6.45, 7) is 25.3. The van der Waals surface area contributed by atoms with Gasteiger partial charge in [0.1, 0.15) is 0 Å². The maximum atomic E-state index is 2.88. The summed E-state index contributed by atoms with van der Waals surface area (Å²) in [6, 6.07) is 45.1. The molecular weight excluding hydrogens is 880 g/mol. The van der Waals surface area contributed by atoms with Crippen LogP contribution in [-0.4, -0.2) is 11.3 Å². The molecule has 4 unspecified atom stereocenters. The van der Waals surface area contributed by atoms with Crippen LogP contribution < -0.4 is 15.8 Å². The van der Waals surface area contributed by atoms with E-state index < -0.39 is 0 Å². The minimum Gasteiger partial charge on any atom is -0.375 e. The molecule has 2 nitrogen and oxygen atoms in total. The van der Waals surface area contributed by atoms with E-state index in [1.165, 1.54) is 168 Å². The summed E-state index contributed by atoms with van der Waals surface area (Å²) < 4.78 is 2.88. The second kappa shape index (κ2) is 13.9. The fourth-order valence-electron chi connectivity index (χ4n) is 17.8. The van der Waals surface area contributed by atoms with E-state index in [9.17, 15) is 0 Å². The fraction of sp³-hybridized carbons (Fsp3) is 0.400. The molecule has 2 bridgehead atoms. The zero-order valence-corrected chi connectivity index (χ0v) is 45.1. The lowest BCUT2D eigenvalue weighted by Crippen LogP contribution is -2.57. The van der Waals surface area contributed by atoms with Gasteiger partial charge >= 0.3 is 6.85 Å². The van der Waals surface area contributed by atoms with Gasteiger partial charge in [-0.25, -0.2) is 0 Å². The summed E-state index contributed by atoms with van der Waals surface area (Å²) >= 11 is 0. The van der Waals surface area contributed by atoms with Crippen molar-refractivity contribution in [3.63, 3.8) is 0 Å². The Labute approximate surface area is 434 Å². The minimum atomic E-state index is -0.204. The van der Waals surface area contributed by atoms with Gasteiger partial charge in [0.2, 0.25) is 0 Å². The van der Waals surface area contributed by atoms with Gasteiger partial charge in [0.05, 0.1) is 0 Å². The highest BCUT2D eigenvalue weighted by molar-refractivity contribution is 6.90. The molecule has 364 valence electrons. The van der Waals surface area contributed by atoms with Crippen molar-refractivity contribution in [2.75, 3.05) is 4.90 Å². The van der Waals surface area contributed by atoms with Gasteiger partial charge in [-0.15, -0.1) is 0 Å². The molecule has 8 aromatic rings. The molecule has 2 aliphatic heterocycles. The van der Waals surface area contributed by atoms with Crippen molar-refractivity contribution >= 4 is 67.4 Å². The van der Waals surface area contributed by atoms with Crippen molar-refractivity contribution in [1.29, 1.82) is 0 Å². The lowest BCUT2D eigenvalue weighted by Gasteiger charge is -2.45. The Bertz CT molecular complexity index is 3860. The van der Waals surface area contributed by atoms with Gasteiger partial charge in [0.15, 0.2) is 0 Å². The molecule has 3 heterocycles. The van der Waals surface area contributed by atoms with Gasteiger partial charge in [-0.3, -0.25) is 0 Å². The number of allylic oxidation sites excluding steroid dienone is 2. The number of hydrogen-bond donors (Lipinski definition) is 0. The van der Waals surface area contributed by atoms with E-state index in [4.69, 9.17) is 0 Å². The summed E-state index contributed by atoms with van der Waals surface area (Å²) in [5.41, 5.74) is 27.9. The maximum absolute atomic E-state index is 2.88. The van der Waals surface area contributed by atoms with Gasteiger partial charge in [-0.2, -0.15) is 0 Å². The monoisotopic (exact) mass is 951 g/mol. The molecule has 0 radical (unpaired) electrons. The molecule has 0 amide bonds. The predicted octanol–water partition coefficient (Wildman–Crippen LogP) is 17.0. The Morgan fingerprint density at radius 3 is 2.04 bits per heavy atom. The van der Waals surface area contributed by atoms with E-state index in [0.717, 1.165) is 30.1 Å². The number of aromatic nitrogens is 1. The van der Waals surface area contributed by atoms with E-state index >= 15 is 0 Å². The van der Waals surface area contributed by atoms with Crippen LogP contribution in [0.5, 0.6) is 0 Å². The molecule has 6 aliphatic carbocycles. The molecule has 0 saturated heterocycles. The third-order valence-corrected chi connectivity index (χ3v) is 22.2. The highest BCUT2D eigenvalue weighted by Crippen LogP contribution is 2.61. The number of fused-ring (bicyclic) bond motifs is 16. The smallest absolute Gasteiger partial charge is 0.333 e. The van der Waals surface area contributed by atoms with Crippen molar-refractivity contribution in [2.45, 2.75) is 154 Å². The standard InChI is InChI=1S/C70H71BN2/c1-39-27-55-56(67(5,6)26-25-66(55,3)4)35-59(39)72-60-30-42-16-12-11-15-41(42)29-57(60)71-64-61(72)34-51-49-17-13-14-18-54(49)68(7,8)63(51)62(64)53-33-48(70(10)36-44-19-20-45(37-70)40(44)2)32-52-50-31-47(21-22-58(50)73(71)65(52)53)69(9)24-23-43-28-46(43)38-69/h11-18,21-23,27,29-35,40,44-46H,19-20,24-26,28,36-38H2,1-10H3. The van der Waals surface area contributed by atoms with E-state index in [0.29, 0.717) is 0 Å². The first-order valence-corrected chi connectivity index (χ1v) is 28.5. The number of benzene rings is 7. The predicted molar refractivity (Wildman–Crippen MR) is 310 cm³/mol. The molecule has 3 heteroatoms. The van der Waals surface area contributed by atoms with Crippen molar-refractivity contribution in [1.82, 2.24) is 4.48 Å². The molecule has 0 N–H and O–H groups in total. The molecule has 1 aromatic heterocycles. The molecule has 8 aliphatic rings. The number of rotatable bonds is 3. The number of hydrogen-bond acceptors (Lipinski definition) is 1. The average molecular weight is 951 g/mol. The third kappa shape index (κ3) is 5.63. The van der Waals surface area contributed by atoms with E-state index in [1.807, 2.05) is 0 Å². The first kappa shape index (κ1) is 43.6. The molecule has 4 atom stereocenters. The summed E-state index contributed by atoms with van der Waals surface area (Å²) in [7, 11) is 0. The zero-order valence-electron chi connectivity index (χ0n) is 45.1. The van der Waals surface area contributed by atoms with Crippen molar-refractivity contribution < 1.29 is 0 Å². The summed E-state index contributed by atoms with van der Waals surface area (Å²) in [5.74, 6) is 3.21. The zero-order chi connectivity index (χ0) is 49.6. The van der Waals surface area contributed by atoms with Crippen LogP contribution in [0.15, 0.2) is 121 Å². The highest BCUT2D eigenvalue weighted by Gasteiger charge is 2.52. The molecule has 3 fully saturated rings. The molecule has 7 aromatic carbocycles. The van der Waals surface area contributed by atoms with Crippen LogP contribution in [0.1, 0.15) is 159 Å². The summed E-state index contributed by atoms with van der Waals surface area (Å²) in [4.78, 5) is 2.78. The van der Waals surface area contributed by atoms with Crippen molar-refractivity contribution in [2.24, 2.45) is 23.7 Å². The average Bonchev–Trinajstić information content (AvgIpc) is 3.95. The molecule has 3 saturated carbocycles. The lowest BCUT2D eigenvalue weighted by molar-refractivity contribution is 0.162. The number of aryl methyl sites for hydroxylation is 1. The van der Waals surface area contributed by atoms with Crippen molar-refractivity contribution in [3.8, 4) is 22.3 Å². The summed E-state index contributed by atoms with van der Waals surface area (Å²) in [6.07, 6.45) is 14.1. The number of nitrogens with zero attached hydrogens (tertiary/aromatic N) is 2. The Morgan fingerprint density at radius 2 is 1.29 bits per heavy atom. The second-order valence-electron chi connectivity index (χ2n) is 27.8. The molecular formula is C70H71BN2. The minimum absolute atomic E-state index is 0.0210. The van der Waals surface area contributed by atoms with E-state index in [2.05, 4.69) is 194 Å². The molecule has 73 heavy (non-hydrogen) atoms. The normalized spacial score (nSPS) is 27.8. The fourth-order valence-corrected chi connectivity index (χ4v) is 17.8. The van der Waals surface area contributed by atoms with Gasteiger partial charge in [0, 0.05) is 49.8 Å². The van der Waals surface area contributed by atoms with Crippen LogP contribution in [-0.2, 0) is 27.1 Å². The maximum Gasteiger partial charge on any atom is 0.333 e. The third-order valence-electron chi connectivity index (χ3n) is 22.2. The van der Waals surface area contributed by atoms with Gasteiger partial charge < -0.3 is 9.38 Å². The van der Waals surface area contributed by atoms with Crippen LogP contribution in [0.2, 0.25) is 0 Å². The van der Waals surface area contributed by atoms with Gasteiger partial charge in [-0.05, 0) is 230 Å². The highest BCUT2D eigenvalue weighted by atomic mass is 15.2. The Balaban J connectivity index is 1.07. The van der Waals surface area contributed by atoms with Crippen molar-refractivity contribution in [3.05, 3.63) is 160 Å². The molecule has 16 rings (SSSR count). The lowest BCUT2D eigenvalue weighted by atomic mass is 9.44. The van der Waals surface area contributed by atoms with Crippen LogP contribution >= 0.6 is 0 Å². The van der Waals surface area contributed by atoms with Crippen LogP contribution in [0.4, 0.5) is 17.1 Å². The van der Waals surface area contributed by atoms with E-state index in [-0.39, 0.29) is 33.9 Å². The van der Waals surface area contributed by atoms with E-state index in [1.54, 1.807) is 11.1 Å². The first-order chi connectivity index (χ1) is 34.9. The Hall–Kier alpha value is -5.80. The van der Waals surface area contributed by atoms with Crippen LogP contribution in [0.3, 0.4) is 0 Å². The molecule has 0 spiro atoms. The van der Waals surface area contributed by atoms with Crippen LogP contribution in [0, 0.1) is 30.6 Å². The number of anilines is 3. The largest absolute Gasteiger partial charge is 0.375 e. The first-order valence-electron chi connectivity index (χ1n) is 28.5. The summed E-state index contributed by atoms with van der Waals surface area (Å²) in [5, 5.41) is 5.53. The van der Waals surface area contributed by atoms with Gasteiger partial charge in [0.25, 0.3) is 0 Å². The van der Waals surface area contributed by atoms with Crippen LogP contribution in [0.25, 0.3) is 54.8 Å². The van der Waals surface area contributed by atoms with Gasteiger partial charge in [-0.1, -0.05) is 141 Å². The Kier molecular flexibility index (Phi) is 8.31. The Morgan fingerprint density at radius 1 is 0.589 bits per heavy atom. The second-order valence-corrected chi connectivity index (χ2v) is 27.8. The topological polar surface area (TPSA) is 8.17 Å².